The lowest BCUT2D eigenvalue weighted by Crippen LogP contribution is -2.36. The van der Waals surface area contributed by atoms with E-state index in [9.17, 15) is 5.11 Å². The highest BCUT2D eigenvalue weighted by molar-refractivity contribution is 4.61. The van der Waals surface area contributed by atoms with Gasteiger partial charge in [-0.25, -0.2) is 0 Å². The van der Waals surface area contributed by atoms with Crippen molar-refractivity contribution in [3.8, 4) is 0 Å². The Labute approximate surface area is 124 Å². The van der Waals surface area contributed by atoms with Crippen LogP contribution in [0.4, 0.5) is 0 Å². The van der Waals surface area contributed by atoms with Gasteiger partial charge in [0.2, 0.25) is 0 Å². The SMILES string of the molecule is CCCCOCCOCC(O)CNCCN(CC)CC. The fraction of sp³-hybridized carbons (Fsp3) is 1.00. The first kappa shape index (κ1) is 19.8. The number of hydrogen-bond acceptors (Lipinski definition) is 5. The monoisotopic (exact) mass is 290 g/mol. The second kappa shape index (κ2) is 15.2. The van der Waals surface area contributed by atoms with Crippen LogP contribution in [0.1, 0.15) is 33.6 Å². The lowest BCUT2D eigenvalue weighted by Gasteiger charge is -2.19. The Morgan fingerprint density at radius 2 is 1.75 bits per heavy atom. The Morgan fingerprint density at radius 1 is 1.05 bits per heavy atom. The molecule has 0 aliphatic rings. The zero-order valence-electron chi connectivity index (χ0n) is 13.6. The van der Waals surface area contributed by atoms with E-state index in [4.69, 9.17) is 9.47 Å². The van der Waals surface area contributed by atoms with E-state index in [2.05, 4.69) is 31.0 Å². The van der Waals surface area contributed by atoms with Gasteiger partial charge in [-0.2, -0.15) is 0 Å². The molecule has 0 rings (SSSR count). The van der Waals surface area contributed by atoms with Gasteiger partial charge in [-0.15, -0.1) is 0 Å². The molecule has 0 radical (unpaired) electrons. The molecule has 0 aromatic rings. The third-order valence-corrected chi connectivity index (χ3v) is 3.20. The molecule has 0 aromatic heterocycles. The molecule has 0 saturated carbocycles. The second-order valence-electron chi connectivity index (χ2n) is 4.93. The van der Waals surface area contributed by atoms with Crippen molar-refractivity contribution in [3.05, 3.63) is 0 Å². The van der Waals surface area contributed by atoms with Crippen LogP contribution in [-0.2, 0) is 9.47 Å². The Balaban J connectivity index is 3.26. The number of likely N-dealkylation sites (N-methyl/N-ethyl adjacent to an activating group) is 1. The highest BCUT2D eigenvalue weighted by Crippen LogP contribution is 1.89. The summed E-state index contributed by atoms with van der Waals surface area (Å²) in [6.07, 6.45) is 1.81. The molecule has 1 atom stereocenters. The number of aliphatic hydroxyl groups is 1. The van der Waals surface area contributed by atoms with Crippen LogP contribution in [-0.4, -0.2) is 75.3 Å². The molecule has 5 heteroatoms. The van der Waals surface area contributed by atoms with E-state index in [1.54, 1.807) is 0 Å². The Hall–Kier alpha value is -0.200. The Bertz CT molecular complexity index is 190. The number of ether oxygens (including phenoxy) is 2. The van der Waals surface area contributed by atoms with Crippen molar-refractivity contribution >= 4 is 0 Å². The molecule has 0 bridgehead atoms. The first-order chi connectivity index (χ1) is 9.74. The van der Waals surface area contributed by atoms with Gasteiger partial charge in [0.15, 0.2) is 0 Å². The fourth-order valence-electron chi connectivity index (χ4n) is 1.79. The van der Waals surface area contributed by atoms with Crippen LogP contribution in [0, 0.1) is 0 Å². The number of nitrogens with one attached hydrogen (secondary N) is 1. The predicted molar refractivity (Wildman–Crippen MR) is 83.2 cm³/mol. The van der Waals surface area contributed by atoms with Crippen LogP contribution in [0.5, 0.6) is 0 Å². The van der Waals surface area contributed by atoms with Crippen LogP contribution in [0.3, 0.4) is 0 Å². The van der Waals surface area contributed by atoms with Gasteiger partial charge in [0.25, 0.3) is 0 Å². The quantitative estimate of drug-likeness (QED) is 0.443. The molecule has 0 aliphatic carbocycles. The minimum atomic E-state index is -0.442. The highest BCUT2D eigenvalue weighted by Gasteiger charge is 2.04. The lowest BCUT2D eigenvalue weighted by molar-refractivity contribution is 0.00387. The molecular weight excluding hydrogens is 256 g/mol. The van der Waals surface area contributed by atoms with E-state index in [0.717, 1.165) is 45.6 Å². The van der Waals surface area contributed by atoms with Gasteiger partial charge in [0, 0.05) is 26.2 Å². The summed E-state index contributed by atoms with van der Waals surface area (Å²) in [6, 6.07) is 0. The van der Waals surface area contributed by atoms with Crippen molar-refractivity contribution < 1.29 is 14.6 Å². The maximum atomic E-state index is 9.73. The van der Waals surface area contributed by atoms with E-state index >= 15 is 0 Å². The molecule has 0 fully saturated rings. The molecule has 1 unspecified atom stereocenters. The minimum absolute atomic E-state index is 0.370. The summed E-state index contributed by atoms with van der Waals surface area (Å²) < 4.78 is 10.7. The zero-order chi connectivity index (χ0) is 15.1. The summed E-state index contributed by atoms with van der Waals surface area (Å²) in [5.74, 6) is 0. The molecule has 0 aliphatic heterocycles. The third-order valence-electron chi connectivity index (χ3n) is 3.20. The first-order valence-electron chi connectivity index (χ1n) is 8.01. The van der Waals surface area contributed by atoms with Crippen LogP contribution in [0.15, 0.2) is 0 Å². The van der Waals surface area contributed by atoms with Crippen molar-refractivity contribution in [1.82, 2.24) is 10.2 Å². The topological polar surface area (TPSA) is 54.0 Å². The molecule has 0 amide bonds. The summed E-state index contributed by atoms with van der Waals surface area (Å²) >= 11 is 0. The zero-order valence-corrected chi connectivity index (χ0v) is 13.6. The molecule has 2 N–H and O–H groups in total. The summed E-state index contributed by atoms with van der Waals surface area (Å²) in [5, 5.41) is 13.0. The van der Waals surface area contributed by atoms with Crippen LogP contribution in [0.2, 0.25) is 0 Å². The minimum Gasteiger partial charge on any atom is -0.389 e. The first-order valence-corrected chi connectivity index (χ1v) is 8.01. The van der Waals surface area contributed by atoms with E-state index < -0.39 is 6.10 Å². The predicted octanol–water partition coefficient (Wildman–Crippen LogP) is 1.11. The van der Waals surface area contributed by atoms with Gasteiger partial charge in [-0.05, 0) is 19.5 Å². The molecule has 5 nitrogen and oxygen atoms in total. The summed E-state index contributed by atoms with van der Waals surface area (Å²) in [7, 11) is 0. The van der Waals surface area contributed by atoms with Gasteiger partial charge < -0.3 is 24.8 Å². The molecule has 20 heavy (non-hydrogen) atoms. The Kier molecular flexibility index (Phi) is 15.0. The van der Waals surface area contributed by atoms with Gasteiger partial charge >= 0.3 is 0 Å². The number of aliphatic hydroxyl groups excluding tert-OH is 1. The normalized spacial score (nSPS) is 13.1. The standard InChI is InChI=1S/C15H34N2O3/c1-4-7-10-19-11-12-20-14-15(18)13-16-8-9-17(5-2)6-3/h15-16,18H,4-14H2,1-3H3. The number of unbranched alkanes of at least 4 members (excludes halogenated alkanes) is 1. The number of hydrogen-bond donors (Lipinski definition) is 2. The van der Waals surface area contributed by atoms with Gasteiger partial charge in [-0.1, -0.05) is 27.2 Å². The van der Waals surface area contributed by atoms with Gasteiger partial charge in [-0.3, -0.25) is 0 Å². The molecule has 122 valence electrons. The summed E-state index contributed by atoms with van der Waals surface area (Å²) in [5.41, 5.74) is 0. The van der Waals surface area contributed by atoms with Crippen LogP contribution >= 0.6 is 0 Å². The second-order valence-corrected chi connectivity index (χ2v) is 4.93. The maximum Gasteiger partial charge on any atom is 0.0897 e. The van der Waals surface area contributed by atoms with Crippen molar-refractivity contribution in [1.29, 1.82) is 0 Å². The van der Waals surface area contributed by atoms with E-state index in [1.807, 2.05) is 0 Å². The fourth-order valence-corrected chi connectivity index (χ4v) is 1.79. The highest BCUT2D eigenvalue weighted by atomic mass is 16.5. The third kappa shape index (κ3) is 12.8. The number of nitrogens with zero attached hydrogens (tertiary/aromatic N) is 1. The molecule has 0 spiro atoms. The molecule has 0 saturated heterocycles. The summed E-state index contributed by atoms with van der Waals surface area (Å²) in [6.45, 7) is 13.5. The van der Waals surface area contributed by atoms with E-state index in [-0.39, 0.29) is 0 Å². The van der Waals surface area contributed by atoms with Gasteiger partial charge in [0.1, 0.15) is 0 Å². The van der Waals surface area contributed by atoms with Crippen molar-refractivity contribution in [2.75, 3.05) is 59.2 Å². The van der Waals surface area contributed by atoms with Crippen LogP contribution < -0.4 is 5.32 Å². The van der Waals surface area contributed by atoms with Crippen molar-refractivity contribution in [3.63, 3.8) is 0 Å². The smallest absolute Gasteiger partial charge is 0.0897 e. The maximum absolute atomic E-state index is 9.73. The lowest BCUT2D eigenvalue weighted by atomic mass is 10.3. The molecule has 0 heterocycles. The van der Waals surface area contributed by atoms with Crippen molar-refractivity contribution in [2.45, 2.75) is 39.7 Å². The van der Waals surface area contributed by atoms with Crippen LogP contribution in [0.25, 0.3) is 0 Å². The van der Waals surface area contributed by atoms with Gasteiger partial charge in [0.05, 0.1) is 25.9 Å². The molecular formula is C15H34N2O3. The van der Waals surface area contributed by atoms with Crippen molar-refractivity contribution in [2.24, 2.45) is 0 Å². The molecule has 0 aromatic carbocycles. The average molecular weight is 290 g/mol. The number of rotatable bonds is 15. The average Bonchev–Trinajstić information content (AvgIpc) is 2.46. The van der Waals surface area contributed by atoms with E-state index in [0.29, 0.717) is 26.4 Å². The van der Waals surface area contributed by atoms with E-state index in [1.165, 1.54) is 0 Å². The summed E-state index contributed by atoms with van der Waals surface area (Å²) in [4.78, 5) is 2.35. The largest absolute Gasteiger partial charge is 0.389 e. The Morgan fingerprint density at radius 3 is 2.40 bits per heavy atom.